The van der Waals surface area contributed by atoms with Gasteiger partial charge in [0.2, 0.25) is 0 Å². The van der Waals surface area contributed by atoms with Gasteiger partial charge in [-0.3, -0.25) is 4.98 Å². The minimum Gasteiger partial charge on any atom is -0.309 e. The zero-order valence-corrected chi connectivity index (χ0v) is 10.2. The highest BCUT2D eigenvalue weighted by Gasteiger charge is 2.17. The smallest absolute Gasteiger partial charge is 0.128 e. The highest BCUT2D eigenvalue weighted by atomic mass is 19.1. The van der Waals surface area contributed by atoms with Crippen molar-refractivity contribution in [3.8, 4) is 0 Å². The topological polar surface area (TPSA) is 24.9 Å². The van der Waals surface area contributed by atoms with E-state index in [4.69, 9.17) is 0 Å². The molecule has 4 heteroatoms. The number of hydrogen-bond donors (Lipinski definition) is 1. The molecule has 0 aliphatic carbocycles. The predicted octanol–water partition coefficient (Wildman–Crippen LogP) is 2.98. The quantitative estimate of drug-likeness (QED) is 0.903. The summed E-state index contributed by atoms with van der Waals surface area (Å²) in [6, 6.07) is 6.73. The fraction of sp³-hybridized carbons (Fsp3) is 0.214. The molecule has 1 aromatic carbocycles. The zero-order valence-electron chi connectivity index (χ0n) is 10.2. The number of nitrogens with one attached hydrogen (secondary N) is 1. The Morgan fingerprint density at radius 2 is 1.94 bits per heavy atom. The zero-order chi connectivity index (χ0) is 13.1. The first kappa shape index (κ1) is 12.6. The Labute approximate surface area is 105 Å². The molecule has 1 aromatic heterocycles. The third-order valence-electron chi connectivity index (χ3n) is 2.81. The van der Waals surface area contributed by atoms with E-state index in [1.165, 1.54) is 6.07 Å². The fourth-order valence-electron chi connectivity index (χ4n) is 1.98. The van der Waals surface area contributed by atoms with Crippen molar-refractivity contribution < 1.29 is 8.78 Å². The summed E-state index contributed by atoms with van der Waals surface area (Å²) in [5.74, 6) is -0.873. The van der Waals surface area contributed by atoms with Crippen LogP contribution in [0.5, 0.6) is 0 Å². The Morgan fingerprint density at radius 1 is 1.17 bits per heavy atom. The van der Waals surface area contributed by atoms with Gasteiger partial charge in [0.05, 0.1) is 6.04 Å². The second kappa shape index (κ2) is 5.23. The van der Waals surface area contributed by atoms with Gasteiger partial charge in [0.15, 0.2) is 0 Å². The van der Waals surface area contributed by atoms with Crippen LogP contribution in [0, 0.1) is 18.6 Å². The first-order valence-electron chi connectivity index (χ1n) is 5.66. The van der Waals surface area contributed by atoms with E-state index in [1.807, 2.05) is 13.0 Å². The normalized spacial score (nSPS) is 12.4. The molecule has 94 valence electrons. The first-order valence-corrected chi connectivity index (χ1v) is 5.66. The molecule has 0 aliphatic rings. The lowest BCUT2D eigenvalue weighted by Gasteiger charge is -2.18. The summed E-state index contributed by atoms with van der Waals surface area (Å²) in [5.41, 5.74) is 1.99. The maximum atomic E-state index is 13.8. The number of hydrogen-bond acceptors (Lipinski definition) is 2. The lowest BCUT2D eigenvalue weighted by molar-refractivity contribution is 0.558. The van der Waals surface area contributed by atoms with Crippen molar-refractivity contribution in [1.29, 1.82) is 0 Å². The molecule has 1 atom stereocenters. The van der Waals surface area contributed by atoms with Crippen LogP contribution in [0.3, 0.4) is 0 Å². The SMILES string of the molecule is CNC(c1ccnc(C)c1)c1cc(F)ccc1F. The van der Waals surface area contributed by atoms with Gasteiger partial charge in [-0.05, 0) is 49.9 Å². The Hall–Kier alpha value is -1.81. The maximum absolute atomic E-state index is 13.8. The van der Waals surface area contributed by atoms with E-state index in [1.54, 1.807) is 19.3 Å². The third-order valence-corrected chi connectivity index (χ3v) is 2.81. The minimum atomic E-state index is -0.447. The second-order valence-corrected chi connectivity index (χ2v) is 4.12. The molecule has 0 radical (unpaired) electrons. The van der Waals surface area contributed by atoms with Gasteiger partial charge in [0.1, 0.15) is 11.6 Å². The molecule has 1 heterocycles. The largest absolute Gasteiger partial charge is 0.309 e. The molecule has 0 saturated heterocycles. The summed E-state index contributed by atoms with van der Waals surface area (Å²) in [6.07, 6.45) is 1.66. The number of aromatic nitrogens is 1. The molecule has 2 nitrogen and oxygen atoms in total. The average molecular weight is 248 g/mol. The van der Waals surface area contributed by atoms with E-state index in [2.05, 4.69) is 10.3 Å². The number of aryl methyl sites for hydroxylation is 1. The van der Waals surface area contributed by atoms with Gasteiger partial charge >= 0.3 is 0 Å². The van der Waals surface area contributed by atoms with E-state index in [0.717, 1.165) is 23.4 Å². The Balaban J connectivity index is 2.48. The van der Waals surface area contributed by atoms with Gasteiger partial charge in [-0.1, -0.05) is 0 Å². The monoisotopic (exact) mass is 248 g/mol. The molecule has 2 rings (SSSR count). The van der Waals surface area contributed by atoms with Crippen LogP contribution in [0.4, 0.5) is 8.78 Å². The first-order chi connectivity index (χ1) is 8.61. The Bertz CT molecular complexity index is 555. The molecule has 0 aliphatic heterocycles. The molecule has 1 unspecified atom stereocenters. The molecule has 2 aromatic rings. The van der Waals surface area contributed by atoms with Crippen LogP contribution in [0.2, 0.25) is 0 Å². The van der Waals surface area contributed by atoms with E-state index < -0.39 is 11.6 Å². The van der Waals surface area contributed by atoms with Crippen LogP contribution in [-0.2, 0) is 0 Å². The summed E-state index contributed by atoms with van der Waals surface area (Å²) in [7, 11) is 1.71. The van der Waals surface area contributed by atoms with Gasteiger partial charge in [0, 0.05) is 17.5 Å². The van der Waals surface area contributed by atoms with E-state index in [0.29, 0.717) is 5.56 Å². The fourth-order valence-corrected chi connectivity index (χ4v) is 1.98. The van der Waals surface area contributed by atoms with Gasteiger partial charge in [0.25, 0.3) is 0 Å². The summed E-state index contributed by atoms with van der Waals surface area (Å²) in [5, 5.41) is 3.00. The van der Waals surface area contributed by atoms with E-state index >= 15 is 0 Å². The Morgan fingerprint density at radius 3 is 2.61 bits per heavy atom. The summed E-state index contributed by atoms with van der Waals surface area (Å²) < 4.78 is 27.0. The number of rotatable bonds is 3. The molecule has 0 fully saturated rings. The number of pyridine rings is 1. The van der Waals surface area contributed by atoms with Crippen molar-refractivity contribution >= 4 is 0 Å². The van der Waals surface area contributed by atoms with Crippen LogP contribution in [0.15, 0.2) is 36.5 Å². The maximum Gasteiger partial charge on any atom is 0.128 e. The van der Waals surface area contributed by atoms with Crippen molar-refractivity contribution in [2.75, 3.05) is 7.05 Å². The average Bonchev–Trinajstić information content (AvgIpc) is 2.35. The van der Waals surface area contributed by atoms with Crippen LogP contribution >= 0.6 is 0 Å². The number of benzene rings is 1. The number of nitrogens with zero attached hydrogens (tertiary/aromatic N) is 1. The van der Waals surface area contributed by atoms with Gasteiger partial charge < -0.3 is 5.32 Å². The standard InChI is InChI=1S/C14H14F2N2/c1-9-7-10(5-6-18-9)14(17-2)12-8-11(15)3-4-13(12)16/h3-8,14,17H,1-2H3. The van der Waals surface area contributed by atoms with Crippen molar-refractivity contribution in [3.63, 3.8) is 0 Å². The van der Waals surface area contributed by atoms with Crippen molar-refractivity contribution in [3.05, 3.63) is 65.0 Å². The number of halogens is 2. The van der Waals surface area contributed by atoms with E-state index in [-0.39, 0.29) is 6.04 Å². The summed E-state index contributed by atoms with van der Waals surface area (Å²) in [4.78, 5) is 4.09. The highest BCUT2D eigenvalue weighted by molar-refractivity contribution is 5.33. The second-order valence-electron chi connectivity index (χ2n) is 4.12. The van der Waals surface area contributed by atoms with Gasteiger partial charge in [-0.25, -0.2) is 8.78 Å². The molecule has 0 amide bonds. The minimum absolute atomic E-state index is 0.295. The molecule has 0 bridgehead atoms. The van der Waals surface area contributed by atoms with Crippen LogP contribution < -0.4 is 5.32 Å². The predicted molar refractivity (Wildman–Crippen MR) is 66.2 cm³/mol. The van der Waals surface area contributed by atoms with Crippen molar-refractivity contribution in [2.45, 2.75) is 13.0 Å². The molecule has 1 N–H and O–H groups in total. The molecule has 0 saturated carbocycles. The van der Waals surface area contributed by atoms with Gasteiger partial charge in [-0.15, -0.1) is 0 Å². The third kappa shape index (κ3) is 2.54. The van der Waals surface area contributed by atoms with Crippen LogP contribution in [0.1, 0.15) is 22.9 Å². The summed E-state index contributed by atoms with van der Waals surface area (Å²) >= 11 is 0. The molecular weight excluding hydrogens is 234 g/mol. The molecule has 18 heavy (non-hydrogen) atoms. The molecular formula is C14H14F2N2. The molecule has 0 spiro atoms. The Kier molecular flexibility index (Phi) is 3.67. The van der Waals surface area contributed by atoms with Crippen molar-refractivity contribution in [1.82, 2.24) is 10.3 Å². The van der Waals surface area contributed by atoms with E-state index in [9.17, 15) is 8.78 Å². The summed E-state index contributed by atoms with van der Waals surface area (Å²) in [6.45, 7) is 1.86. The highest BCUT2D eigenvalue weighted by Crippen LogP contribution is 2.24. The lowest BCUT2D eigenvalue weighted by Crippen LogP contribution is -2.19. The van der Waals surface area contributed by atoms with Crippen LogP contribution in [0.25, 0.3) is 0 Å². The van der Waals surface area contributed by atoms with Crippen molar-refractivity contribution in [2.24, 2.45) is 0 Å². The van der Waals surface area contributed by atoms with Crippen LogP contribution in [-0.4, -0.2) is 12.0 Å². The lowest BCUT2D eigenvalue weighted by atomic mass is 9.98. The van der Waals surface area contributed by atoms with Gasteiger partial charge in [-0.2, -0.15) is 0 Å².